The number of hydrogen-bond donors (Lipinski definition) is 2. The molecular weight excluding hydrogens is 306 g/mol. The van der Waals surface area contributed by atoms with Gasteiger partial charge < -0.3 is 20.3 Å². The van der Waals surface area contributed by atoms with E-state index in [0.29, 0.717) is 18.0 Å². The quantitative estimate of drug-likeness (QED) is 0.842. The lowest BCUT2D eigenvalue weighted by Gasteiger charge is -2.23. The maximum Gasteiger partial charge on any atom is 0.347 e. The summed E-state index contributed by atoms with van der Waals surface area (Å²) >= 11 is 0. The van der Waals surface area contributed by atoms with E-state index in [1.54, 1.807) is 12.1 Å². The van der Waals surface area contributed by atoms with Crippen LogP contribution in [0.4, 0.5) is 0 Å². The van der Waals surface area contributed by atoms with E-state index < -0.39 is 11.6 Å². The maximum atomic E-state index is 11.2. The Labute approximate surface area is 142 Å². The molecule has 0 saturated heterocycles. The fourth-order valence-electron chi connectivity index (χ4n) is 2.26. The average Bonchev–Trinajstić information content (AvgIpc) is 2.49. The van der Waals surface area contributed by atoms with E-state index in [-0.39, 0.29) is 0 Å². The molecule has 0 aliphatic heterocycles. The number of nitrogens with two attached hydrogens (primary N) is 1. The second kappa shape index (κ2) is 6.93. The molecule has 5 heteroatoms. The van der Waals surface area contributed by atoms with Gasteiger partial charge in [-0.3, -0.25) is 0 Å². The fraction of sp³-hybridized carbons (Fsp3) is 0.316. The van der Waals surface area contributed by atoms with Crippen LogP contribution in [-0.2, 0) is 11.3 Å². The zero-order valence-electron chi connectivity index (χ0n) is 14.4. The Hall–Kier alpha value is -2.53. The normalized spacial score (nSPS) is 11.2. The first-order valence-corrected chi connectivity index (χ1v) is 7.73. The second-order valence-electron chi connectivity index (χ2n) is 6.31. The monoisotopic (exact) mass is 329 g/mol. The number of aliphatic carboxylic acids is 1. The Morgan fingerprint density at radius 1 is 1.12 bits per heavy atom. The molecule has 5 nitrogen and oxygen atoms in total. The van der Waals surface area contributed by atoms with Crippen LogP contribution in [0, 0.1) is 13.8 Å². The smallest absolute Gasteiger partial charge is 0.347 e. The number of aryl methyl sites for hydroxylation is 2. The van der Waals surface area contributed by atoms with Gasteiger partial charge in [-0.2, -0.15) is 0 Å². The zero-order valence-corrected chi connectivity index (χ0v) is 14.4. The molecule has 0 aliphatic rings. The molecule has 0 spiro atoms. The molecule has 0 unspecified atom stereocenters. The number of ether oxygens (including phenoxy) is 2. The highest BCUT2D eigenvalue weighted by molar-refractivity contribution is 5.76. The van der Waals surface area contributed by atoms with Gasteiger partial charge >= 0.3 is 5.97 Å². The van der Waals surface area contributed by atoms with Crippen molar-refractivity contribution in [3.63, 3.8) is 0 Å². The fourth-order valence-corrected chi connectivity index (χ4v) is 2.26. The highest BCUT2D eigenvalue weighted by Gasteiger charge is 2.29. The van der Waals surface area contributed by atoms with Gasteiger partial charge in [0, 0.05) is 6.54 Å². The van der Waals surface area contributed by atoms with E-state index in [0.717, 1.165) is 22.4 Å². The van der Waals surface area contributed by atoms with Crippen molar-refractivity contribution in [2.45, 2.75) is 39.8 Å². The standard InChI is InChI=1S/C19H23NO4/c1-12-7-14(11-20)10-16(8-12)23-15-5-6-17(13(2)9-15)24-19(3,4)18(21)22/h5-10H,11,20H2,1-4H3,(H,21,22). The summed E-state index contributed by atoms with van der Waals surface area (Å²) in [5.74, 6) is 0.869. The summed E-state index contributed by atoms with van der Waals surface area (Å²) in [7, 11) is 0. The molecular formula is C19H23NO4. The first kappa shape index (κ1) is 17.8. The van der Waals surface area contributed by atoms with E-state index in [4.69, 9.17) is 20.3 Å². The van der Waals surface area contributed by atoms with E-state index in [1.165, 1.54) is 13.8 Å². The van der Waals surface area contributed by atoms with Gasteiger partial charge in [-0.15, -0.1) is 0 Å². The average molecular weight is 329 g/mol. The van der Waals surface area contributed by atoms with E-state index >= 15 is 0 Å². The summed E-state index contributed by atoms with van der Waals surface area (Å²) in [5, 5.41) is 9.16. The third kappa shape index (κ3) is 4.26. The van der Waals surface area contributed by atoms with Crippen LogP contribution < -0.4 is 15.2 Å². The highest BCUT2D eigenvalue weighted by Crippen LogP contribution is 2.30. The van der Waals surface area contributed by atoms with Crippen molar-refractivity contribution in [2.24, 2.45) is 5.73 Å². The lowest BCUT2D eigenvalue weighted by Crippen LogP contribution is -2.38. The molecule has 128 valence electrons. The number of hydrogen-bond acceptors (Lipinski definition) is 4. The molecule has 0 amide bonds. The van der Waals surface area contributed by atoms with E-state index in [9.17, 15) is 4.79 Å². The van der Waals surface area contributed by atoms with Crippen molar-refractivity contribution < 1.29 is 19.4 Å². The Kier molecular flexibility index (Phi) is 5.14. The number of carboxylic acid groups (broad SMARTS) is 1. The van der Waals surface area contributed by atoms with Gasteiger partial charge in [0.1, 0.15) is 17.2 Å². The largest absolute Gasteiger partial charge is 0.478 e. The van der Waals surface area contributed by atoms with Crippen molar-refractivity contribution in [3.8, 4) is 17.2 Å². The Morgan fingerprint density at radius 2 is 1.83 bits per heavy atom. The van der Waals surface area contributed by atoms with Gasteiger partial charge in [0.25, 0.3) is 0 Å². The maximum absolute atomic E-state index is 11.2. The zero-order chi connectivity index (χ0) is 17.9. The Morgan fingerprint density at radius 3 is 2.42 bits per heavy atom. The van der Waals surface area contributed by atoms with Gasteiger partial charge in [0.05, 0.1) is 0 Å². The van der Waals surface area contributed by atoms with Crippen molar-refractivity contribution in [1.29, 1.82) is 0 Å². The predicted molar refractivity (Wildman–Crippen MR) is 92.7 cm³/mol. The molecule has 0 aromatic heterocycles. The van der Waals surface area contributed by atoms with Crippen LogP contribution in [0.25, 0.3) is 0 Å². The second-order valence-corrected chi connectivity index (χ2v) is 6.31. The molecule has 0 radical (unpaired) electrons. The molecule has 2 aromatic rings. The first-order valence-electron chi connectivity index (χ1n) is 7.73. The van der Waals surface area contributed by atoms with Gasteiger partial charge in [0.2, 0.25) is 0 Å². The van der Waals surface area contributed by atoms with Crippen LogP contribution in [-0.4, -0.2) is 16.7 Å². The van der Waals surface area contributed by atoms with E-state index in [1.807, 2.05) is 38.1 Å². The first-order chi connectivity index (χ1) is 11.2. The minimum atomic E-state index is -1.29. The lowest BCUT2D eigenvalue weighted by atomic mass is 10.1. The molecule has 0 atom stereocenters. The van der Waals surface area contributed by atoms with Crippen LogP contribution in [0.1, 0.15) is 30.5 Å². The molecule has 0 heterocycles. The molecule has 2 aromatic carbocycles. The van der Waals surface area contributed by atoms with Crippen molar-refractivity contribution in [2.75, 3.05) is 0 Å². The van der Waals surface area contributed by atoms with Gasteiger partial charge in [0.15, 0.2) is 5.60 Å². The number of carboxylic acids is 1. The summed E-state index contributed by atoms with van der Waals surface area (Å²) in [6, 6.07) is 11.1. The highest BCUT2D eigenvalue weighted by atomic mass is 16.5. The van der Waals surface area contributed by atoms with Crippen LogP contribution in [0.2, 0.25) is 0 Å². The predicted octanol–water partition coefficient (Wildman–Crippen LogP) is 3.80. The topological polar surface area (TPSA) is 81.8 Å². The summed E-state index contributed by atoms with van der Waals surface area (Å²) in [5.41, 5.74) is 7.28. The third-order valence-electron chi connectivity index (χ3n) is 3.61. The van der Waals surface area contributed by atoms with Gasteiger partial charge in [-0.05, 0) is 74.7 Å². The number of benzene rings is 2. The van der Waals surface area contributed by atoms with Crippen molar-refractivity contribution in [3.05, 3.63) is 53.1 Å². The van der Waals surface area contributed by atoms with Crippen molar-refractivity contribution in [1.82, 2.24) is 0 Å². The minimum Gasteiger partial charge on any atom is -0.478 e. The SMILES string of the molecule is Cc1cc(CN)cc(Oc2ccc(OC(C)(C)C(=O)O)c(C)c2)c1. The molecule has 0 bridgehead atoms. The van der Waals surface area contributed by atoms with Crippen LogP contribution in [0.3, 0.4) is 0 Å². The molecule has 0 fully saturated rings. The van der Waals surface area contributed by atoms with Gasteiger partial charge in [-0.1, -0.05) is 6.07 Å². The van der Waals surface area contributed by atoms with Crippen LogP contribution in [0.15, 0.2) is 36.4 Å². The van der Waals surface area contributed by atoms with Crippen LogP contribution in [0.5, 0.6) is 17.2 Å². The molecule has 0 aliphatic carbocycles. The van der Waals surface area contributed by atoms with E-state index in [2.05, 4.69) is 0 Å². The molecule has 2 rings (SSSR count). The lowest BCUT2D eigenvalue weighted by molar-refractivity contribution is -0.152. The molecule has 0 saturated carbocycles. The van der Waals surface area contributed by atoms with Crippen LogP contribution >= 0.6 is 0 Å². The van der Waals surface area contributed by atoms with Crippen molar-refractivity contribution >= 4 is 5.97 Å². The number of carbonyl (C=O) groups is 1. The third-order valence-corrected chi connectivity index (χ3v) is 3.61. The minimum absolute atomic E-state index is 0.452. The summed E-state index contributed by atoms with van der Waals surface area (Å²) in [6.07, 6.45) is 0. The molecule has 3 N–H and O–H groups in total. The molecule has 24 heavy (non-hydrogen) atoms. The summed E-state index contributed by atoms with van der Waals surface area (Å²) in [4.78, 5) is 11.2. The van der Waals surface area contributed by atoms with Gasteiger partial charge in [-0.25, -0.2) is 4.79 Å². The summed E-state index contributed by atoms with van der Waals surface area (Å²) in [6.45, 7) is 7.32. The Balaban J connectivity index is 2.21. The number of rotatable bonds is 6. The Bertz CT molecular complexity index is 753. The summed E-state index contributed by atoms with van der Waals surface area (Å²) < 4.78 is 11.5.